The molecule has 1 aliphatic rings. The number of carboxylic acids is 1. The van der Waals surface area contributed by atoms with Crippen LogP contribution in [-0.4, -0.2) is 46.0 Å². The second-order valence-corrected chi connectivity index (χ2v) is 7.37. The second kappa shape index (κ2) is 7.63. The predicted octanol–water partition coefficient (Wildman–Crippen LogP) is 2.19. The maximum Gasteiger partial charge on any atom is 0.330 e. The van der Waals surface area contributed by atoms with Crippen LogP contribution in [0.3, 0.4) is 0 Å². The van der Waals surface area contributed by atoms with Gasteiger partial charge in [0.1, 0.15) is 11.6 Å². The van der Waals surface area contributed by atoms with Gasteiger partial charge in [-0.05, 0) is 31.2 Å². The normalized spacial score (nSPS) is 21.1. The molecule has 2 atom stereocenters. The first-order chi connectivity index (χ1) is 11.3. The molecule has 9 heteroatoms. The van der Waals surface area contributed by atoms with Crippen LogP contribution in [0.4, 0.5) is 0 Å². The first kappa shape index (κ1) is 18.9. The summed E-state index contributed by atoms with van der Waals surface area (Å²) in [7, 11) is 0. The van der Waals surface area contributed by atoms with Gasteiger partial charge in [-0.1, -0.05) is 29.3 Å². The van der Waals surface area contributed by atoms with Crippen LogP contribution < -0.4 is 10.6 Å². The minimum absolute atomic E-state index is 0.0958. The minimum atomic E-state index is -1.28. The van der Waals surface area contributed by atoms with E-state index in [0.29, 0.717) is 17.9 Å². The number of aliphatic carboxylic acids is 1. The van der Waals surface area contributed by atoms with Crippen LogP contribution in [-0.2, 0) is 9.59 Å². The lowest BCUT2D eigenvalue weighted by atomic mass is 9.98. The number of carbonyl (C=O) groups excluding carboxylic acids is 2. The van der Waals surface area contributed by atoms with E-state index >= 15 is 0 Å². The van der Waals surface area contributed by atoms with Gasteiger partial charge in [0.25, 0.3) is 5.91 Å². The van der Waals surface area contributed by atoms with Gasteiger partial charge in [-0.2, -0.15) is 11.8 Å². The zero-order valence-corrected chi connectivity index (χ0v) is 15.1. The summed E-state index contributed by atoms with van der Waals surface area (Å²) in [6.07, 6.45) is 0.347. The van der Waals surface area contributed by atoms with Gasteiger partial charge in [0.2, 0.25) is 5.91 Å². The van der Waals surface area contributed by atoms with Gasteiger partial charge in [0.15, 0.2) is 0 Å². The topological polar surface area (TPSA) is 95.5 Å². The van der Waals surface area contributed by atoms with E-state index < -0.39 is 29.4 Å². The van der Waals surface area contributed by atoms with Gasteiger partial charge in [0, 0.05) is 5.75 Å². The third kappa shape index (κ3) is 3.96. The summed E-state index contributed by atoms with van der Waals surface area (Å²) < 4.78 is 0. The molecule has 2 amide bonds. The highest BCUT2D eigenvalue weighted by atomic mass is 35.5. The molecule has 2 unspecified atom stereocenters. The molecule has 130 valence electrons. The lowest BCUT2D eigenvalue weighted by molar-refractivity contribution is -0.146. The lowest BCUT2D eigenvalue weighted by Gasteiger charge is -2.26. The number of carboxylic acid groups (broad SMARTS) is 1. The van der Waals surface area contributed by atoms with Crippen molar-refractivity contribution in [3.63, 3.8) is 0 Å². The molecule has 0 aliphatic carbocycles. The SMILES string of the molecule is CC(NC(=O)c1cccc(Cl)c1Cl)C(=O)NC1(C(=O)O)CCSC1. The second-order valence-electron chi connectivity index (χ2n) is 5.48. The molecule has 1 fully saturated rings. The molecule has 1 heterocycles. The Kier molecular flexibility index (Phi) is 6.01. The Hall–Kier alpha value is -1.44. The Morgan fingerprint density at radius 3 is 2.62 bits per heavy atom. The van der Waals surface area contributed by atoms with Crippen molar-refractivity contribution in [3.05, 3.63) is 33.8 Å². The fourth-order valence-corrected chi connectivity index (χ4v) is 3.96. The molecule has 2 rings (SSSR count). The first-order valence-corrected chi connectivity index (χ1v) is 9.06. The van der Waals surface area contributed by atoms with Crippen molar-refractivity contribution < 1.29 is 19.5 Å². The number of halogens is 2. The van der Waals surface area contributed by atoms with Gasteiger partial charge in [-0.25, -0.2) is 4.79 Å². The summed E-state index contributed by atoms with van der Waals surface area (Å²) in [6, 6.07) is 3.68. The number of hydrogen-bond donors (Lipinski definition) is 3. The monoisotopic (exact) mass is 390 g/mol. The van der Waals surface area contributed by atoms with Crippen LogP contribution >= 0.6 is 35.0 Å². The average molecular weight is 391 g/mol. The smallest absolute Gasteiger partial charge is 0.330 e. The van der Waals surface area contributed by atoms with Crippen molar-refractivity contribution in [1.82, 2.24) is 10.6 Å². The van der Waals surface area contributed by atoms with Gasteiger partial charge >= 0.3 is 5.97 Å². The van der Waals surface area contributed by atoms with Gasteiger partial charge in [0.05, 0.1) is 15.6 Å². The minimum Gasteiger partial charge on any atom is -0.479 e. The molecule has 0 saturated carbocycles. The molecule has 0 aromatic heterocycles. The Labute approximate surface area is 153 Å². The number of nitrogens with one attached hydrogen (secondary N) is 2. The molecule has 0 bridgehead atoms. The molecule has 24 heavy (non-hydrogen) atoms. The van der Waals surface area contributed by atoms with E-state index in [0.717, 1.165) is 0 Å². The molecular weight excluding hydrogens is 375 g/mol. The van der Waals surface area contributed by atoms with E-state index in [1.807, 2.05) is 0 Å². The van der Waals surface area contributed by atoms with E-state index in [1.165, 1.54) is 24.8 Å². The molecule has 0 spiro atoms. The third-order valence-electron chi connectivity index (χ3n) is 3.73. The van der Waals surface area contributed by atoms with Crippen molar-refractivity contribution in [1.29, 1.82) is 0 Å². The van der Waals surface area contributed by atoms with Crippen molar-refractivity contribution in [3.8, 4) is 0 Å². The van der Waals surface area contributed by atoms with Crippen LogP contribution in [0.5, 0.6) is 0 Å². The maximum atomic E-state index is 12.3. The van der Waals surface area contributed by atoms with Gasteiger partial charge in [-0.3, -0.25) is 9.59 Å². The molecule has 0 radical (unpaired) electrons. The summed E-state index contributed by atoms with van der Waals surface area (Å²) in [4.78, 5) is 36.0. The molecule has 6 nitrogen and oxygen atoms in total. The Bertz CT molecular complexity index is 677. The predicted molar refractivity (Wildman–Crippen MR) is 93.8 cm³/mol. The Morgan fingerprint density at radius 2 is 2.04 bits per heavy atom. The average Bonchev–Trinajstić information content (AvgIpc) is 2.99. The van der Waals surface area contributed by atoms with Crippen LogP contribution in [0.15, 0.2) is 18.2 Å². The lowest BCUT2D eigenvalue weighted by Crippen LogP contribution is -2.59. The van der Waals surface area contributed by atoms with Crippen LogP contribution in [0.2, 0.25) is 10.0 Å². The number of rotatable bonds is 5. The van der Waals surface area contributed by atoms with E-state index in [-0.39, 0.29) is 15.6 Å². The molecule has 1 aliphatic heterocycles. The summed E-state index contributed by atoms with van der Waals surface area (Å²) in [5.41, 5.74) is -1.14. The summed E-state index contributed by atoms with van der Waals surface area (Å²) >= 11 is 13.3. The first-order valence-electron chi connectivity index (χ1n) is 7.15. The van der Waals surface area contributed by atoms with Gasteiger partial charge in [-0.15, -0.1) is 0 Å². The Morgan fingerprint density at radius 1 is 1.33 bits per heavy atom. The zero-order valence-electron chi connectivity index (χ0n) is 12.8. The number of thioether (sulfide) groups is 1. The highest BCUT2D eigenvalue weighted by Crippen LogP contribution is 2.28. The quantitative estimate of drug-likeness (QED) is 0.715. The standard InChI is InChI=1S/C15H16Cl2N2O4S/c1-8(12(20)19-15(14(22)23)5-6-24-7-15)18-13(21)9-3-2-4-10(16)11(9)17/h2-4,8H,5-7H2,1H3,(H,18,21)(H,19,20)(H,22,23). The van der Waals surface area contributed by atoms with Crippen molar-refractivity contribution in [2.24, 2.45) is 0 Å². The van der Waals surface area contributed by atoms with E-state index in [2.05, 4.69) is 10.6 Å². The van der Waals surface area contributed by atoms with Crippen molar-refractivity contribution in [2.75, 3.05) is 11.5 Å². The molecule has 1 saturated heterocycles. The summed E-state index contributed by atoms with van der Waals surface area (Å²) in [5, 5.41) is 14.7. The van der Waals surface area contributed by atoms with Crippen LogP contribution in [0.25, 0.3) is 0 Å². The number of carbonyl (C=O) groups is 3. The molecule has 1 aromatic carbocycles. The van der Waals surface area contributed by atoms with E-state index in [9.17, 15) is 19.5 Å². The Balaban J connectivity index is 2.05. The van der Waals surface area contributed by atoms with E-state index in [1.54, 1.807) is 12.1 Å². The highest BCUT2D eigenvalue weighted by Gasteiger charge is 2.44. The van der Waals surface area contributed by atoms with Gasteiger partial charge < -0.3 is 15.7 Å². The summed E-state index contributed by atoms with van der Waals surface area (Å²) in [6.45, 7) is 1.48. The number of amides is 2. The third-order valence-corrected chi connectivity index (χ3v) is 5.74. The largest absolute Gasteiger partial charge is 0.479 e. The highest BCUT2D eigenvalue weighted by molar-refractivity contribution is 7.99. The fourth-order valence-electron chi connectivity index (χ4n) is 2.25. The fraction of sp³-hybridized carbons (Fsp3) is 0.400. The number of hydrogen-bond acceptors (Lipinski definition) is 4. The number of benzene rings is 1. The molecule has 1 aromatic rings. The van der Waals surface area contributed by atoms with Crippen LogP contribution in [0, 0.1) is 0 Å². The molecular formula is C15H16Cl2N2O4S. The van der Waals surface area contributed by atoms with Crippen molar-refractivity contribution in [2.45, 2.75) is 24.9 Å². The summed E-state index contributed by atoms with van der Waals surface area (Å²) in [5.74, 6) is -1.24. The zero-order chi connectivity index (χ0) is 17.9. The van der Waals surface area contributed by atoms with Crippen molar-refractivity contribution >= 4 is 52.7 Å². The maximum absolute atomic E-state index is 12.3. The molecule has 3 N–H and O–H groups in total. The van der Waals surface area contributed by atoms with Crippen LogP contribution in [0.1, 0.15) is 23.7 Å². The van der Waals surface area contributed by atoms with E-state index in [4.69, 9.17) is 23.2 Å².